The zero-order chi connectivity index (χ0) is 15.9. The van der Waals surface area contributed by atoms with Crippen LogP contribution in [0.3, 0.4) is 0 Å². The number of aliphatic hydroxyl groups excluding tert-OH is 3. The van der Waals surface area contributed by atoms with Crippen LogP contribution in [0, 0.1) is 0 Å². The van der Waals surface area contributed by atoms with Gasteiger partial charge in [-0.2, -0.15) is 0 Å². The van der Waals surface area contributed by atoms with Crippen molar-refractivity contribution in [1.29, 1.82) is 0 Å². The molecule has 1 fully saturated rings. The lowest BCUT2D eigenvalue weighted by Gasteiger charge is -2.26. The van der Waals surface area contributed by atoms with Crippen molar-refractivity contribution in [2.24, 2.45) is 0 Å². The molecule has 5 atom stereocenters. The Balaban J connectivity index is 1.93. The van der Waals surface area contributed by atoms with E-state index in [1.54, 1.807) is 12.2 Å². The van der Waals surface area contributed by atoms with Crippen molar-refractivity contribution in [1.82, 2.24) is 14.9 Å². The Morgan fingerprint density at radius 2 is 2.18 bits per heavy atom. The summed E-state index contributed by atoms with van der Waals surface area (Å²) in [6.07, 6.45) is 0.230. The topological polar surface area (TPSA) is 129 Å². The summed E-state index contributed by atoms with van der Waals surface area (Å²) in [7, 11) is 0. The Bertz CT molecular complexity index is 601. The number of imidazole rings is 1. The van der Waals surface area contributed by atoms with Crippen LogP contribution in [0.1, 0.15) is 23.6 Å². The Morgan fingerprint density at radius 1 is 1.41 bits per heavy atom. The molecule has 9 nitrogen and oxygen atoms in total. The average molecular weight is 310 g/mol. The third-order valence-corrected chi connectivity index (χ3v) is 3.76. The van der Waals surface area contributed by atoms with Crippen LogP contribution in [0.15, 0.2) is 18.5 Å². The number of hydrogen-bond donors (Lipinski definition) is 5. The third-order valence-electron chi connectivity index (χ3n) is 3.76. The van der Waals surface area contributed by atoms with E-state index in [4.69, 9.17) is 9.84 Å². The summed E-state index contributed by atoms with van der Waals surface area (Å²) in [4.78, 5) is 16.0. The monoisotopic (exact) mass is 310 g/mol. The van der Waals surface area contributed by atoms with Crippen molar-refractivity contribution in [3.8, 4) is 0 Å². The van der Waals surface area contributed by atoms with E-state index >= 15 is 0 Å². The summed E-state index contributed by atoms with van der Waals surface area (Å²) in [5.41, 5.74) is 0.179. The fourth-order valence-corrected chi connectivity index (χ4v) is 2.65. The van der Waals surface area contributed by atoms with Crippen LogP contribution in [-0.4, -0.2) is 61.9 Å². The summed E-state index contributed by atoms with van der Waals surface area (Å²) in [5.74, 6) is 0.0454. The van der Waals surface area contributed by atoms with Crippen molar-refractivity contribution in [3.05, 3.63) is 24.2 Å². The van der Waals surface area contributed by atoms with Crippen LogP contribution >= 0.6 is 0 Å². The number of nitrogens with zero attached hydrogens (tertiary/aromatic N) is 2. The molecule has 0 radical (unpaired) electrons. The molecular weight excluding hydrogens is 292 g/mol. The van der Waals surface area contributed by atoms with Gasteiger partial charge in [-0.25, -0.2) is 4.98 Å². The van der Waals surface area contributed by atoms with Crippen LogP contribution in [0.4, 0.5) is 5.82 Å². The highest BCUT2D eigenvalue weighted by Crippen LogP contribution is 2.33. The fourth-order valence-electron chi connectivity index (χ4n) is 2.65. The Morgan fingerprint density at radius 3 is 2.82 bits per heavy atom. The highest BCUT2D eigenvalue weighted by Gasteiger charge is 2.45. The molecule has 0 aromatic carbocycles. The molecule has 0 bridgehead atoms. The van der Waals surface area contributed by atoms with E-state index in [-0.39, 0.29) is 11.6 Å². The summed E-state index contributed by atoms with van der Waals surface area (Å²) in [6, 6.07) is 0. The first-order chi connectivity index (χ1) is 10.6. The van der Waals surface area contributed by atoms with Gasteiger partial charge in [0.1, 0.15) is 30.3 Å². The summed E-state index contributed by atoms with van der Waals surface area (Å²) in [6.45, 7) is 1.41. The highest BCUT2D eigenvalue weighted by molar-refractivity contribution is 5.99. The number of hydrogen-bond acceptors (Lipinski definition) is 7. The fraction of sp³-hybridized carbons (Fsp3) is 0.538. The predicted molar refractivity (Wildman–Crippen MR) is 74.9 cm³/mol. The van der Waals surface area contributed by atoms with Gasteiger partial charge in [-0.15, -0.1) is 0 Å². The van der Waals surface area contributed by atoms with Gasteiger partial charge in [-0.1, -0.05) is 6.08 Å². The number of amides is 1. The Labute approximate surface area is 126 Å². The minimum Gasteiger partial charge on any atom is -0.394 e. The molecule has 0 spiro atoms. The van der Waals surface area contributed by atoms with Crippen molar-refractivity contribution in [2.45, 2.75) is 37.6 Å². The molecule has 22 heavy (non-hydrogen) atoms. The molecule has 1 amide bonds. The van der Waals surface area contributed by atoms with Crippen molar-refractivity contribution >= 4 is 11.7 Å². The maximum atomic E-state index is 12.0. The number of carbonyl (C=O) groups is 1. The van der Waals surface area contributed by atoms with E-state index in [0.717, 1.165) is 0 Å². The summed E-state index contributed by atoms with van der Waals surface area (Å²) < 4.78 is 6.91. The first kappa shape index (κ1) is 15.0. The lowest BCUT2D eigenvalue weighted by atomic mass is 10.1. The number of aromatic nitrogens is 2. The molecule has 0 saturated carbocycles. The van der Waals surface area contributed by atoms with E-state index in [0.29, 0.717) is 5.82 Å². The second-order valence-corrected chi connectivity index (χ2v) is 5.20. The molecule has 3 heterocycles. The first-order valence-electron chi connectivity index (χ1n) is 6.96. The smallest absolute Gasteiger partial charge is 0.275 e. The number of rotatable bonds is 3. The van der Waals surface area contributed by atoms with Gasteiger partial charge in [0.25, 0.3) is 5.91 Å². The number of ether oxygens (including phenoxy) is 1. The van der Waals surface area contributed by atoms with Gasteiger partial charge in [0.05, 0.1) is 12.9 Å². The van der Waals surface area contributed by atoms with Crippen LogP contribution in [0.25, 0.3) is 0 Å². The molecule has 3 rings (SSSR count). The number of aliphatic hydroxyl groups is 3. The molecule has 1 aromatic heterocycles. The summed E-state index contributed by atoms with van der Waals surface area (Å²) >= 11 is 0. The lowest BCUT2D eigenvalue weighted by Crippen LogP contribution is -2.44. The van der Waals surface area contributed by atoms with E-state index in [9.17, 15) is 15.0 Å². The van der Waals surface area contributed by atoms with Crippen LogP contribution in [0.2, 0.25) is 0 Å². The maximum absolute atomic E-state index is 12.0. The molecule has 5 N–H and O–H groups in total. The number of anilines is 1. The highest BCUT2D eigenvalue weighted by atomic mass is 16.6. The van der Waals surface area contributed by atoms with Crippen molar-refractivity contribution in [3.63, 3.8) is 0 Å². The summed E-state index contributed by atoms with van der Waals surface area (Å²) in [5, 5.41) is 34.9. The number of fused-ring (bicyclic) bond motifs is 1. The van der Waals surface area contributed by atoms with Crippen LogP contribution in [0.5, 0.6) is 0 Å². The van der Waals surface area contributed by atoms with Gasteiger partial charge in [-0.05, 0) is 13.0 Å². The maximum Gasteiger partial charge on any atom is 0.275 e. The molecular formula is C13H18N4O5. The molecule has 120 valence electrons. The quantitative estimate of drug-likeness (QED) is 0.432. The van der Waals surface area contributed by atoms with E-state index < -0.39 is 37.3 Å². The zero-order valence-electron chi connectivity index (χ0n) is 11.9. The van der Waals surface area contributed by atoms with Crippen LogP contribution < -0.4 is 10.6 Å². The second-order valence-electron chi connectivity index (χ2n) is 5.20. The minimum atomic E-state index is -1.23. The molecule has 1 aromatic rings. The number of carbonyl (C=O) groups excluding carboxylic acids is 1. The molecule has 1 unspecified atom stereocenters. The van der Waals surface area contributed by atoms with E-state index in [1.165, 1.54) is 10.9 Å². The predicted octanol–water partition coefficient (Wildman–Crippen LogP) is -1.45. The van der Waals surface area contributed by atoms with Gasteiger partial charge in [-0.3, -0.25) is 9.36 Å². The van der Waals surface area contributed by atoms with E-state index in [2.05, 4.69) is 15.6 Å². The van der Waals surface area contributed by atoms with Crippen molar-refractivity contribution < 1.29 is 24.9 Å². The minimum absolute atomic E-state index is 0.179. The molecule has 0 aliphatic carbocycles. The van der Waals surface area contributed by atoms with Gasteiger partial charge < -0.3 is 30.7 Å². The van der Waals surface area contributed by atoms with E-state index in [1.807, 2.05) is 6.92 Å². The second kappa shape index (κ2) is 5.69. The molecule has 1 saturated heterocycles. The average Bonchev–Trinajstić information content (AvgIpc) is 3.03. The molecule has 2 aliphatic rings. The first-order valence-corrected chi connectivity index (χ1v) is 6.96. The third kappa shape index (κ3) is 2.28. The molecule has 9 heteroatoms. The van der Waals surface area contributed by atoms with Gasteiger partial charge in [0.2, 0.25) is 0 Å². The standard InChI is InChI=1S/C13H18N4O5/c1-2-3-7-15-11-8(12(21)16-7)14-5-17(11)13-10(20)9(19)6(4-18)22-13/h2-3,5-7,9-10,13,15,18-20H,4H2,1H3,(H,16,21)/b3-2+/t6-,7?,9-,10-,13-/m1/s1. The lowest BCUT2D eigenvalue weighted by molar-refractivity contribution is -0.0519. The van der Waals surface area contributed by atoms with Crippen molar-refractivity contribution in [2.75, 3.05) is 11.9 Å². The Kier molecular flexibility index (Phi) is 3.87. The largest absolute Gasteiger partial charge is 0.394 e. The Hall–Kier alpha value is -1.94. The number of nitrogens with one attached hydrogen (secondary N) is 2. The van der Waals surface area contributed by atoms with Gasteiger partial charge in [0.15, 0.2) is 11.9 Å². The van der Waals surface area contributed by atoms with Gasteiger partial charge in [0, 0.05) is 0 Å². The van der Waals surface area contributed by atoms with Gasteiger partial charge >= 0.3 is 0 Å². The van der Waals surface area contributed by atoms with Crippen LogP contribution in [-0.2, 0) is 4.74 Å². The molecule has 2 aliphatic heterocycles. The zero-order valence-corrected chi connectivity index (χ0v) is 11.9. The SMILES string of the molecule is C/C=C/C1NC(=O)c2ncn([C@@H]3O[C@H](CO)[C@@H](O)[C@H]3O)c2N1. The number of allylic oxidation sites excluding steroid dienone is 1. The normalized spacial score (nSPS) is 34.5.